The number of carboxylic acid groups (broad SMARTS) is 1. The highest BCUT2D eigenvalue weighted by atomic mass is 16.4. The van der Waals surface area contributed by atoms with Crippen molar-refractivity contribution in [3.05, 3.63) is 48.0 Å². The van der Waals surface area contributed by atoms with Crippen LogP contribution in [0.1, 0.15) is 10.4 Å². The van der Waals surface area contributed by atoms with Crippen LogP contribution in [0.5, 0.6) is 11.5 Å². The van der Waals surface area contributed by atoms with E-state index >= 15 is 0 Å². The average molecular weight is 230 g/mol. The largest absolute Gasteiger partial charge is 0.508 e. The van der Waals surface area contributed by atoms with Crippen LogP contribution >= 0.6 is 0 Å². The van der Waals surface area contributed by atoms with Crippen molar-refractivity contribution < 1.29 is 20.1 Å². The van der Waals surface area contributed by atoms with Gasteiger partial charge in [0.1, 0.15) is 17.1 Å². The zero-order valence-corrected chi connectivity index (χ0v) is 8.79. The van der Waals surface area contributed by atoms with Gasteiger partial charge >= 0.3 is 5.97 Å². The van der Waals surface area contributed by atoms with Crippen LogP contribution in [0.2, 0.25) is 0 Å². The molecule has 4 nitrogen and oxygen atoms in total. The molecular formula is C13H10O4. The summed E-state index contributed by atoms with van der Waals surface area (Å²) in [7, 11) is 0. The third-order valence-electron chi connectivity index (χ3n) is 2.41. The summed E-state index contributed by atoms with van der Waals surface area (Å²) in [5.41, 5.74) is 1.20. The number of rotatable bonds is 2. The van der Waals surface area contributed by atoms with E-state index < -0.39 is 5.97 Å². The number of carboxylic acids is 1. The summed E-state index contributed by atoms with van der Waals surface area (Å²) in [6, 6.07) is 10.8. The Morgan fingerprint density at radius 2 is 1.65 bits per heavy atom. The van der Waals surface area contributed by atoms with Gasteiger partial charge in [0.2, 0.25) is 0 Å². The van der Waals surface area contributed by atoms with E-state index in [9.17, 15) is 15.0 Å². The molecule has 17 heavy (non-hydrogen) atoms. The number of aromatic hydroxyl groups is 2. The van der Waals surface area contributed by atoms with Crippen molar-refractivity contribution in [1.29, 1.82) is 0 Å². The first-order valence-electron chi connectivity index (χ1n) is 4.93. The van der Waals surface area contributed by atoms with Gasteiger partial charge in [-0.25, -0.2) is 4.79 Å². The van der Waals surface area contributed by atoms with Gasteiger partial charge in [0.25, 0.3) is 0 Å². The molecular weight excluding hydrogens is 220 g/mol. The topological polar surface area (TPSA) is 77.8 Å². The Morgan fingerprint density at radius 1 is 0.941 bits per heavy atom. The number of carbonyl (C=O) groups is 1. The third-order valence-corrected chi connectivity index (χ3v) is 2.41. The molecule has 0 radical (unpaired) electrons. The lowest BCUT2D eigenvalue weighted by Gasteiger charge is -2.05. The van der Waals surface area contributed by atoms with E-state index in [1.165, 1.54) is 24.3 Å². The molecule has 3 N–H and O–H groups in total. The second-order valence-electron chi connectivity index (χ2n) is 3.59. The smallest absolute Gasteiger partial charge is 0.339 e. The van der Waals surface area contributed by atoms with Crippen molar-refractivity contribution in [2.45, 2.75) is 0 Å². The number of hydrogen-bond donors (Lipinski definition) is 3. The van der Waals surface area contributed by atoms with Crippen LogP contribution < -0.4 is 0 Å². The summed E-state index contributed by atoms with van der Waals surface area (Å²) in [5, 5.41) is 27.7. The van der Waals surface area contributed by atoms with Crippen LogP contribution in [0.15, 0.2) is 42.5 Å². The Labute approximate surface area is 97.4 Å². The lowest BCUT2D eigenvalue weighted by atomic mass is 10.0. The molecule has 0 bridgehead atoms. The Kier molecular flexibility index (Phi) is 2.70. The van der Waals surface area contributed by atoms with Gasteiger partial charge in [-0.15, -0.1) is 0 Å². The fourth-order valence-electron chi connectivity index (χ4n) is 1.58. The molecule has 0 aliphatic heterocycles. The third kappa shape index (κ3) is 2.20. The molecule has 2 aromatic rings. The first kappa shape index (κ1) is 11.0. The van der Waals surface area contributed by atoms with E-state index in [2.05, 4.69) is 0 Å². The maximum atomic E-state index is 10.7. The van der Waals surface area contributed by atoms with Gasteiger partial charge in [0.15, 0.2) is 0 Å². The molecule has 0 fully saturated rings. The maximum absolute atomic E-state index is 10.7. The van der Waals surface area contributed by atoms with E-state index in [1.54, 1.807) is 18.2 Å². The summed E-state index contributed by atoms with van der Waals surface area (Å²) in [6.45, 7) is 0. The van der Waals surface area contributed by atoms with E-state index in [-0.39, 0.29) is 17.1 Å². The molecule has 0 heterocycles. The minimum Gasteiger partial charge on any atom is -0.508 e. The van der Waals surface area contributed by atoms with E-state index in [0.29, 0.717) is 11.1 Å². The number of phenols is 2. The highest BCUT2D eigenvalue weighted by Gasteiger charge is 2.10. The summed E-state index contributed by atoms with van der Waals surface area (Å²) in [5.74, 6) is -1.35. The first-order chi connectivity index (χ1) is 8.08. The normalized spacial score (nSPS) is 10.1. The molecule has 86 valence electrons. The van der Waals surface area contributed by atoms with Gasteiger partial charge in [-0.1, -0.05) is 18.2 Å². The SMILES string of the molecule is O=C(O)c1ccc(-c2cccc(O)c2)cc1O. The van der Waals surface area contributed by atoms with Crippen LogP contribution in [0.25, 0.3) is 11.1 Å². The van der Waals surface area contributed by atoms with Gasteiger partial charge in [0.05, 0.1) is 0 Å². The number of benzene rings is 2. The second-order valence-corrected chi connectivity index (χ2v) is 3.59. The minimum absolute atomic E-state index is 0.115. The molecule has 2 rings (SSSR count). The standard InChI is InChI=1S/C13H10O4/c14-10-3-1-2-8(6-10)9-4-5-11(13(16)17)12(15)7-9/h1-7,14-15H,(H,16,17). The summed E-state index contributed by atoms with van der Waals surface area (Å²) in [4.78, 5) is 10.7. The highest BCUT2D eigenvalue weighted by molar-refractivity contribution is 5.91. The second kappa shape index (κ2) is 4.17. The monoisotopic (exact) mass is 230 g/mol. The zero-order chi connectivity index (χ0) is 12.4. The molecule has 0 amide bonds. The van der Waals surface area contributed by atoms with Crippen molar-refractivity contribution in [2.75, 3.05) is 0 Å². The molecule has 0 aromatic heterocycles. The average Bonchev–Trinajstić information content (AvgIpc) is 2.28. The molecule has 0 aliphatic rings. The quantitative estimate of drug-likeness (QED) is 0.740. The van der Waals surface area contributed by atoms with Gasteiger partial charge in [-0.2, -0.15) is 0 Å². The number of aromatic carboxylic acids is 1. The molecule has 0 aliphatic carbocycles. The van der Waals surface area contributed by atoms with Gasteiger partial charge in [-0.3, -0.25) is 0 Å². The van der Waals surface area contributed by atoms with Crippen LogP contribution in [-0.4, -0.2) is 21.3 Å². The predicted molar refractivity (Wildman–Crippen MR) is 62.2 cm³/mol. The molecule has 4 heteroatoms. The van der Waals surface area contributed by atoms with Gasteiger partial charge in [-0.05, 0) is 35.4 Å². The van der Waals surface area contributed by atoms with Crippen molar-refractivity contribution in [1.82, 2.24) is 0 Å². The van der Waals surface area contributed by atoms with Gasteiger partial charge in [0, 0.05) is 0 Å². The van der Waals surface area contributed by atoms with E-state index in [4.69, 9.17) is 5.11 Å². The Morgan fingerprint density at radius 3 is 2.24 bits per heavy atom. The molecule has 0 saturated heterocycles. The van der Waals surface area contributed by atoms with Crippen molar-refractivity contribution >= 4 is 5.97 Å². The molecule has 0 spiro atoms. The number of phenolic OH excluding ortho intramolecular Hbond substituents is 1. The van der Waals surface area contributed by atoms with E-state index in [0.717, 1.165) is 0 Å². The Balaban J connectivity index is 2.48. The molecule has 0 unspecified atom stereocenters. The van der Waals surface area contributed by atoms with Crippen molar-refractivity contribution in [2.24, 2.45) is 0 Å². The molecule has 0 atom stereocenters. The lowest BCUT2D eigenvalue weighted by molar-refractivity contribution is 0.0694. The Bertz CT molecular complexity index is 575. The van der Waals surface area contributed by atoms with Crippen LogP contribution in [-0.2, 0) is 0 Å². The van der Waals surface area contributed by atoms with Crippen LogP contribution in [0.3, 0.4) is 0 Å². The van der Waals surface area contributed by atoms with Crippen molar-refractivity contribution in [3.8, 4) is 22.6 Å². The van der Waals surface area contributed by atoms with E-state index in [1.807, 2.05) is 0 Å². The first-order valence-corrected chi connectivity index (χ1v) is 4.93. The highest BCUT2D eigenvalue weighted by Crippen LogP contribution is 2.28. The molecule has 2 aromatic carbocycles. The fraction of sp³-hybridized carbons (Fsp3) is 0. The molecule has 0 saturated carbocycles. The predicted octanol–water partition coefficient (Wildman–Crippen LogP) is 2.46. The lowest BCUT2D eigenvalue weighted by Crippen LogP contribution is -1.96. The van der Waals surface area contributed by atoms with Crippen molar-refractivity contribution in [3.63, 3.8) is 0 Å². The maximum Gasteiger partial charge on any atom is 0.339 e. The van der Waals surface area contributed by atoms with Gasteiger partial charge < -0.3 is 15.3 Å². The summed E-state index contributed by atoms with van der Waals surface area (Å²) in [6.07, 6.45) is 0. The summed E-state index contributed by atoms with van der Waals surface area (Å²) < 4.78 is 0. The summed E-state index contributed by atoms with van der Waals surface area (Å²) >= 11 is 0. The van der Waals surface area contributed by atoms with Crippen LogP contribution in [0, 0.1) is 0 Å². The fourth-order valence-corrected chi connectivity index (χ4v) is 1.58. The minimum atomic E-state index is -1.18. The number of hydrogen-bond acceptors (Lipinski definition) is 3. The zero-order valence-electron chi connectivity index (χ0n) is 8.79. The van der Waals surface area contributed by atoms with Crippen LogP contribution in [0.4, 0.5) is 0 Å². The Hall–Kier alpha value is -2.49.